The van der Waals surface area contributed by atoms with Crippen LogP contribution >= 0.6 is 11.6 Å². The molecule has 0 aliphatic heterocycles. The van der Waals surface area contributed by atoms with Crippen LogP contribution in [0.2, 0.25) is 5.02 Å². The van der Waals surface area contributed by atoms with Crippen LogP contribution in [0.4, 0.5) is 5.69 Å². The molecule has 1 saturated carbocycles. The highest BCUT2D eigenvalue weighted by Gasteiger charge is 2.21. The van der Waals surface area contributed by atoms with Crippen molar-refractivity contribution in [3.8, 4) is 5.75 Å². The van der Waals surface area contributed by atoms with Gasteiger partial charge in [-0.15, -0.1) is 0 Å². The van der Waals surface area contributed by atoms with E-state index in [-0.39, 0.29) is 11.0 Å². The van der Waals surface area contributed by atoms with Crippen molar-refractivity contribution in [2.24, 2.45) is 0 Å². The van der Waals surface area contributed by atoms with Crippen molar-refractivity contribution in [2.45, 2.75) is 36.7 Å². The fourth-order valence-corrected chi connectivity index (χ4v) is 4.16. The molecule has 2 aromatic rings. The van der Waals surface area contributed by atoms with Crippen LogP contribution in [0, 0.1) is 0 Å². The lowest BCUT2D eigenvalue weighted by Crippen LogP contribution is -2.26. The van der Waals surface area contributed by atoms with Crippen LogP contribution in [0.5, 0.6) is 5.75 Å². The Morgan fingerprint density at radius 2 is 1.58 bits per heavy atom. The Balaban J connectivity index is 1.76. The lowest BCUT2D eigenvalue weighted by Gasteiger charge is -2.20. The molecule has 1 fully saturated rings. The van der Waals surface area contributed by atoms with E-state index in [4.69, 9.17) is 16.3 Å². The van der Waals surface area contributed by atoms with Crippen molar-refractivity contribution in [3.63, 3.8) is 0 Å². The van der Waals surface area contributed by atoms with Gasteiger partial charge in [-0.1, -0.05) is 11.6 Å². The zero-order chi connectivity index (χ0) is 17.2. The van der Waals surface area contributed by atoms with Gasteiger partial charge in [-0.3, -0.25) is 4.31 Å². The van der Waals surface area contributed by atoms with Crippen molar-refractivity contribution < 1.29 is 13.2 Å². The zero-order valence-electron chi connectivity index (χ0n) is 13.5. The highest BCUT2D eigenvalue weighted by molar-refractivity contribution is 7.92. The summed E-state index contributed by atoms with van der Waals surface area (Å²) in [7, 11) is -2.07. The number of anilines is 1. The molecule has 128 valence electrons. The van der Waals surface area contributed by atoms with Crippen molar-refractivity contribution in [1.29, 1.82) is 0 Å². The van der Waals surface area contributed by atoms with Gasteiger partial charge in [-0.05, 0) is 74.2 Å². The minimum absolute atomic E-state index is 0.209. The average Bonchev–Trinajstić information content (AvgIpc) is 3.08. The van der Waals surface area contributed by atoms with Crippen LogP contribution in [-0.4, -0.2) is 21.6 Å². The second-order valence-electron chi connectivity index (χ2n) is 5.94. The van der Waals surface area contributed by atoms with E-state index in [1.807, 2.05) is 12.1 Å². The smallest absolute Gasteiger partial charge is 0.264 e. The molecule has 3 rings (SSSR count). The van der Waals surface area contributed by atoms with E-state index in [2.05, 4.69) is 0 Å². The molecule has 1 aliphatic carbocycles. The number of rotatable bonds is 5. The summed E-state index contributed by atoms with van der Waals surface area (Å²) < 4.78 is 32.5. The van der Waals surface area contributed by atoms with Gasteiger partial charge in [0.1, 0.15) is 5.75 Å². The van der Waals surface area contributed by atoms with Gasteiger partial charge < -0.3 is 4.74 Å². The first-order valence-electron chi connectivity index (χ1n) is 7.98. The van der Waals surface area contributed by atoms with E-state index in [9.17, 15) is 8.42 Å². The molecular weight excluding hydrogens is 346 g/mol. The number of halogens is 1. The summed E-state index contributed by atoms with van der Waals surface area (Å²) in [6.45, 7) is 0. The topological polar surface area (TPSA) is 46.6 Å². The molecule has 24 heavy (non-hydrogen) atoms. The summed E-state index contributed by atoms with van der Waals surface area (Å²) in [6.07, 6.45) is 4.89. The van der Waals surface area contributed by atoms with Crippen LogP contribution < -0.4 is 9.04 Å². The number of hydrogen-bond donors (Lipinski definition) is 0. The van der Waals surface area contributed by atoms with Crippen LogP contribution in [-0.2, 0) is 10.0 Å². The van der Waals surface area contributed by atoms with Gasteiger partial charge >= 0.3 is 0 Å². The van der Waals surface area contributed by atoms with Crippen molar-refractivity contribution >= 4 is 27.3 Å². The molecule has 0 heterocycles. The number of nitrogens with zero attached hydrogens (tertiary/aromatic N) is 1. The van der Waals surface area contributed by atoms with E-state index < -0.39 is 10.0 Å². The monoisotopic (exact) mass is 365 g/mol. The highest BCUT2D eigenvalue weighted by atomic mass is 35.5. The molecule has 2 aromatic carbocycles. The minimum Gasteiger partial charge on any atom is -0.490 e. The Labute approximate surface area is 148 Å². The van der Waals surface area contributed by atoms with Gasteiger partial charge in [0.25, 0.3) is 10.0 Å². The third-order valence-electron chi connectivity index (χ3n) is 4.28. The zero-order valence-corrected chi connectivity index (χ0v) is 15.1. The van der Waals surface area contributed by atoms with Crippen molar-refractivity contribution in [3.05, 3.63) is 53.6 Å². The number of ether oxygens (including phenoxy) is 1. The molecule has 0 aromatic heterocycles. The summed E-state index contributed by atoms with van der Waals surface area (Å²) in [5.41, 5.74) is 0.587. The average molecular weight is 366 g/mol. The number of sulfonamides is 1. The van der Waals surface area contributed by atoms with E-state index in [0.29, 0.717) is 10.7 Å². The maximum absolute atomic E-state index is 12.7. The summed E-state index contributed by atoms with van der Waals surface area (Å²) in [4.78, 5) is 0.209. The molecule has 0 N–H and O–H groups in total. The van der Waals surface area contributed by atoms with Crippen LogP contribution in [0.25, 0.3) is 0 Å². The Bertz CT molecular complexity index is 782. The van der Waals surface area contributed by atoms with Gasteiger partial charge in [-0.2, -0.15) is 0 Å². The molecule has 6 heteroatoms. The lowest BCUT2D eigenvalue weighted by molar-refractivity contribution is 0.210. The van der Waals surface area contributed by atoms with Crippen LogP contribution in [0.3, 0.4) is 0 Å². The first-order valence-corrected chi connectivity index (χ1v) is 9.80. The van der Waals surface area contributed by atoms with Gasteiger partial charge in [0.05, 0.1) is 16.7 Å². The number of hydrogen-bond acceptors (Lipinski definition) is 3. The lowest BCUT2D eigenvalue weighted by atomic mass is 10.3. The Morgan fingerprint density at radius 1 is 1.00 bits per heavy atom. The van der Waals surface area contributed by atoms with Gasteiger partial charge in [0.15, 0.2) is 0 Å². The molecule has 0 unspecified atom stereocenters. The third-order valence-corrected chi connectivity index (χ3v) is 6.33. The summed E-state index contributed by atoms with van der Waals surface area (Å²) in [6, 6.07) is 13.3. The quantitative estimate of drug-likeness (QED) is 0.784. The van der Waals surface area contributed by atoms with Gasteiger partial charge in [-0.25, -0.2) is 8.42 Å². The molecular formula is C18H20ClNO3S. The molecule has 0 bridgehead atoms. The fourth-order valence-electron chi connectivity index (χ4n) is 2.84. The predicted molar refractivity (Wildman–Crippen MR) is 96.4 cm³/mol. The van der Waals surface area contributed by atoms with E-state index in [0.717, 1.165) is 18.6 Å². The molecule has 0 radical (unpaired) electrons. The summed E-state index contributed by atoms with van der Waals surface area (Å²) >= 11 is 5.82. The molecule has 0 spiro atoms. The van der Waals surface area contributed by atoms with E-state index >= 15 is 0 Å². The first kappa shape index (κ1) is 17.1. The van der Waals surface area contributed by atoms with Gasteiger partial charge in [0.2, 0.25) is 0 Å². The van der Waals surface area contributed by atoms with Crippen molar-refractivity contribution in [1.82, 2.24) is 0 Å². The fraction of sp³-hybridized carbons (Fsp3) is 0.333. The SMILES string of the molecule is CN(c1ccc(OC2CCCC2)cc1)S(=O)(=O)c1ccc(Cl)cc1. The molecule has 0 saturated heterocycles. The molecule has 4 nitrogen and oxygen atoms in total. The minimum atomic E-state index is -3.61. The maximum atomic E-state index is 12.7. The number of benzene rings is 2. The standard InChI is InChI=1S/C18H20ClNO3S/c1-20(24(21,22)18-12-6-14(19)7-13-18)15-8-10-17(11-9-15)23-16-4-2-3-5-16/h6-13,16H,2-5H2,1H3. The van der Waals surface area contributed by atoms with Crippen LogP contribution in [0.1, 0.15) is 25.7 Å². The summed E-state index contributed by atoms with van der Waals surface area (Å²) in [5.74, 6) is 0.781. The second kappa shape index (κ2) is 7.03. The maximum Gasteiger partial charge on any atom is 0.264 e. The highest BCUT2D eigenvalue weighted by Crippen LogP contribution is 2.28. The molecule has 1 aliphatic rings. The predicted octanol–water partition coefficient (Wildman–Crippen LogP) is 4.49. The second-order valence-corrected chi connectivity index (χ2v) is 8.35. The Hall–Kier alpha value is -1.72. The normalized spacial score (nSPS) is 15.4. The molecule has 0 atom stereocenters. The van der Waals surface area contributed by atoms with Crippen LogP contribution in [0.15, 0.2) is 53.4 Å². The molecule has 0 amide bonds. The Morgan fingerprint density at radius 3 is 2.17 bits per heavy atom. The van der Waals surface area contributed by atoms with E-state index in [1.165, 1.54) is 36.3 Å². The van der Waals surface area contributed by atoms with E-state index in [1.54, 1.807) is 24.3 Å². The summed E-state index contributed by atoms with van der Waals surface area (Å²) in [5, 5.41) is 0.505. The third kappa shape index (κ3) is 3.68. The van der Waals surface area contributed by atoms with Crippen molar-refractivity contribution in [2.75, 3.05) is 11.4 Å². The largest absolute Gasteiger partial charge is 0.490 e. The Kier molecular flexibility index (Phi) is 5.01. The van der Waals surface area contributed by atoms with Gasteiger partial charge in [0, 0.05) is 12.1 Å². The first-order chi connectivity index (χ1) is 11.5.